The van der Waals surface area contributed by atoms with Gasteiger partial charge in [-0.25, -0.2) is 0 Å². The van der Waals surface area contributed by atoms with Crippen molar-refractivity contribution in [3.8, 4) is 0 Å². The van der Waals surface area contributed by atoms with Gasteiger partial charge in [-0.3, -0.25) is 0 Å². The van der Waals surface area contributed by atoms with Gasteiger partial charge >= 0.3 is 0 Å². The molecule has 84 valence electrons. The zero-order valence-corrected chi connectivity index (χ0v) is 14.6. The van der Waals surface area contributed by atoms with Gasteiger partial charge in [-0.05, 0) is 10.9 Å². The van der Waals surface area contributed by atoms with E-state index in [1.807, 2.05) is 0 Å². The number of hydrogen-bond donors (Lipinski definition) is 0. The molecule has 1 aliphatic carbocycles. The van der Waals surface area contributed by atoms with E-state index in [2.05, 4.69) is 74.4 Å². The molecule has 0 aliphatic heterocycles. The van der Waals surface area contributed by atoms with Crippen molar-refractivity contribution in [2.24, 2.45) is 0 Å². The molecule has 0 fully saturated rings. The predicted octanol–water partition coefficient (Wildman–Crippen LogP) is 5.42. The Morgan fingerprint density at radius 2 is 2.00 bits per heavy atom. The average molecular weight is 428 g/mol. The molecule has 0 atom stereocenters. The minimum atomic E-state index is 0. The fraction of sp³-hybridized carbons (Fsp3) is 0.0714. The van der Waals surface area contributed by atoms with Crippen LogP contribution >= 0.6 is 31.9 Å². The Bertz CT molecular complexity index is 620. The summed E-state index contributed by atoms with van der Waals surface area (Å²) in [5.41, 5.74) is 2.70. The molecular weight excluding hydrogens is 419 g/mol. The third-order valence-electron chi connectivity index (χ3n) is 2.92. The molecule has 0 nitrogen and oxygen atoms in total. The van der Waals surface area contributed by atoms with Crippen LogP contribution in [0.15, 0.2) is 51.4 Å². The number of hydrogen-bond acceptors (Lipinski definition) is 0. The smallest absolute Gasteiger partial charge is 0 e. The number of benzene rings is 1. The molecule has 0 amide bonds. The van der Waals surface area contributed by atoms with Crippen LogP contribution in [0.2, 0.25) is 0 Å². The summed E-state index contributed by atoms with van der Waals surface area (Å²) < 4.78 is 2.35. The van der Waals surface area contributed by atoms with Crippen LogP contribution in [0.4, 0.5) is 0 Å². The molecular formula is C14H9Br2Zr-. The zero-order valence-electron chi connectivity index (χ0n) is 9.00. The summed E-state index contributed by atoms with van der Waals surface area (Å²) in [6, 6.07) is 8.56. The Hall–Kier alpha value is 0.153. The maximum atomic E-state index is 3.71. The molecule has 0 heterocycles. The number of allylic oxidation sites excluding steroid dienone is 4. The van der Waals surface area contributed by atoms with Crippen molar-refractivity contribution >= 4 is 48.2 Å². The summed E-state index contributed by atoms with van der Waals surface area (Å²) in [6.07, 6.45) is 7.53. The third-order valence-corrected chi connectivity index (χ3v) is 4.40. The van der Waals surface area contributed by atoms with Gasteiger partial charge in [0.15, 0.2) is 0 Å². The Balaban J connectivity index is 0.00000108. The standard InChI is InChI=1S/C14H9Br2.Zr/c15-12-7-3-6-10-8-11(14(16)13(10)12)9-4-1-2-5-9;/h1-4,6-8H,5H2;/q-1;. The molecule has 17 heavy (non-hydrogen) atoms. The van der Waals surface area contributed by atoms with Crippen LogP contribution in [-0.4, -0.2) is 0 Å². The van der Waals surface area contributed by atoms with Gasteiger partial charge in [-0.2, -0.15) is 0 Å². The molecule has 3 rings (SSSR count). The van der Waals surface area contributed by atoms with Crippen LogP contribution in [0.25, 0.3) is 16.3 Å². The summed E-state index contributed by atoms with van der Waals surface area (Å²) in [5, 5.41) is 2.55. The average Bonchev–Trinajstić information content (AvgIpc) is 2.86. The molecule has 1 aliphatic rings. The van der Waals surface area contributed by atoms with Crippen molar-refractivity contribution in [1.82, 2.24) is 0 Å². The van der Waals surface area contributed by atoms with E-state index in [-0.39, 0.29) is 26.2 Å². The number of fused-ring (bicyclic) bond motifs is 1. The van der Waals surface area contributed by atoms with E-state index in [1.165, 1.54) is 26.4 Å². The second-order valence-corrected chi connectivity index (χ2v) is 5.55. The van der Waals surface area contributed by atoms with Gasteiger partial charge in [0.25, 0.3) is 0 Å². The van der Waals surface area contributed by atoms with Gasteiger partial charge < -0.3 is 0 Å². The van der Waals surface area contributed by atoms with Gasteiger partial charge in [0.2, 0.25) is 0 Å². The van der Waals surface area contributed by atoms with Crippen LogP contribution in [-0.2, 0) is 26.2 Å². The van der Waals surface area contributed by atoms with Crippen LogP contribution in [0.1, 0.15) is 12.0 Å². The molecule has 0 radical (unpaired) electrons. The number of rotatable bonds is 1. The van der Waals surface area contributed by atoms with E-state index in [9.17, 15) is 0 Å². The fourth-order valence-corrected chi connectivity index (χ4v) is 3.78. The maximum absolute atomic E-state index is 3.71. The van der Waals surface area contributed by atoms with Crippen molar-refractivity contribution in [3.05, 3.63) is 57.0 Å². The second kappa shape index (κ2) is 5.42. The van der Waals surface area contributed by atoms with Crippen LogP contribution in [0, 0.1) is 0 Å². The molecule has 0 unspecified atom stereocenters. The van der Waals surface area contributed by atoms with Crippen molar-refractivity contribution in [3.63, 3.8) is 0 Å². The Morgan fingerprint density at radius 3 is 2.65 bits per heavy atom. The summed E-state index contributed by atoms with van der Waals surface area (Å²) in [6.45, 7) is 0. The van der Waals surface area contributed by atoms with Crippen molar-refractivity contribution in [2.45, 2.75) is 6.42 Å². The monoisotopic (exact) mass is 425 g/mol. The minimum absolute atomic E-state index is 0. The van der Waals surface area contributed by atoms with Crippen molar-refractivity contribution in [2.75, 3.05) is 0 Å². The molecule has 0 aromatic heterocycles. The molecule has 2 aromatic carbocycles. The van der Waals surface area contributed by atoms with Crippen molar-refractivity contribution < 1.29 is 26.2 Å². The Kier molecular flexibility index (Phi) is 4.33. The van der Waals surface area contributed by atoms with Crippen LogP contribution in [0.3, 0.4) is 0 Å². The fourth-order valence-electron chi connectivity index (χ4n) is 2.13. The summed E-state index contributed by atoms with van der Waals surface area (Å²) >= 11 is 7.32. The first-order valence-electron chi connectivity index (χ1n) is 5.17. The normalized spacial score (nSPS) is 13.9. The number of halogens is 2. The molecule has 0 saturated carbocycles. The molecule has 0 N–H and O–H groups in total. The third kappa shape index (κ3) is 2.34. The molecule has 2 aromatic rings. The van der Waals surface area contributed by atoms with Gasteiger partial charge in [-0.1, -0.05) is 56.1 Å². The van der Waals surface area contributed by atoms with Crippen molar-refractivity contribution in [1.29, 1.82) is 0 Å². The van der Waals surface area contributed by atoms with E-state index < -0.39 is 0 Å². The summed E-state index contributed by atoms with van der Waals surface area (Å²) in [5.74, 6) is 0. The summed E-state index contributed by atoms with van der Waals surface area (Å²) in [4.78, 5) is 0. The molecule has 3 heteroatoms. The SMILES string of the molecule is Brc1cccc2[cH-]c(C3=CC=CC3)c(Br)c12.[Zr]. The van der Waals surface area contributed by atoms with Gasteiger partial charge in [0.05, 0.1) is 0 Å². The molecule has 0 saturated heterocycles. The first kappa shape index (κ1) is 13.6. The predicted molar refractivity (Wildman–Crippen MR) is 76.7 cm³/mol. The van der Waals surface area contributed by atoms with Gasteiger partial charge in [-0.15, -0.1) is 44.6 Å². The van der Waals surface area contributed by atoms with Crippen LogP contribution in [0.5, 0.6) is 0 Å². The minimum Gasteiger partial charge on any atom is -0.126 e. The van der Waals surface area contributed by atoms with E-state index in [0.717, 1.165) is 10.9 Å². The summed E-state index contributed by atoms with van der Waals surface area (Å²) in [7, 11) is 0. The van der Waals surface area contributed by atoms with Gasteiger partial charge in [0.1, 0.15) is 0 Å². The maximum Gasteiger partial charge on any atom is 0 e. The van der Waals surface area contributed by atoms with E-state index >= 15 is 0 Å². The first-order valence-corrected chi connectivity index (χ1v) is 6.75. The van der Waals surface area contributed by atoms with Crippen LogP contribution < -0.4 is 0 Å². The largest absolute Gasteiger partial charge is 0.126 e. The quantitative estimate of drug-likeness (QED) is 0.532. The van der Waals surface area contributed by atoms with E-state index in [4.69, 9.17) is 0 Å². The Morgan fingerprint density at radius 1 is 1.18 bits per heavy atom. The Labute approximate surface area is 137 Å². The molecule has 0 spiro atoms. The molecule has 0 bridgehead atoms. The second-order valence-electron chi connectivity index (χ2n) is 3.90. The topological polar surface area (TPSA) is 0 Å². The zero-order chi connectivity index (χ0) is 11.1. The van der Waals surface area contributed by atoms with Gasteiger partial charge in [0, 0.05) is 26.2 Å². The van der Waals surface area contributed by atoms with E-state index in [0.29, 0.717) is 0 Å². The van der Waals surface area contributed by atoms with E-state index in [1.54, 1.807) is 0 Å². The first-order chi connectivity index (χ1) is 7.77.